The van der Waals surface area contributed by atoms with Gasteiger partial charge in [-0.25, -0.2) is 0 Å². The summed E-state index contributed by atoms with van der Waals surface area (Å²) in [5.74, 6) is 1.35. The molecule has 0 aliphatic carbocycles. The summed E-state index contributed by atoms with van der Waals surface area (Å²) in [6.45, 7) is 6.32. The van der Waals surface area contributed by atoms with Crippen LogP contribution < -0.4 is 15.2 Å². The molecule has 0 radical (unpaired) electrons. The maximum absolute atomic E-state index is 6.41. The van der Waals surface area contributed by atoms with Crippen LogP contribution in [0.5, 0.6) is 11.5 Å². The maximum Gasteiger partial charge on any atom is 0.161 e. The number of hydrogen-bond acceptors (Lipinski definition) is 6. The van der Waals surface area contributed by atoms with Crippen molar-refractivity contribution in [2.75, 3.05) is 14.2 Å². The van der Waals surface area contributed by atoms with Gasteiger partial charge in [0, 0.05) is 5.41 Å². The summed E-state index contributed by atoms with van der Waals surface area (Å²) in [6.07, 6.45) is 0. The van der Waals surface area contributed by atoms with Crippen LogP contribution in [0, 0.1) is 0 Å². The molecule has 0 fully saturated rings. The molecule has 5 nitrogen and oxygen atoms in total. The first-order chi connectivity index (χ1) is 9.88. The van der Waals surface area contributed by atoms with E-state index in [2.05, 4.69) is 30.4 Å². The monoisotopic (exact) mass is 307 g/mol. The highest BCUT2D eigenvalue weighted by atomic mass is 32.1. The number of methoxy groups -OCH3 is 2. The van der Waals surface area contributed by atoms with Crippen LogP contribution in [0.15, 0.2) is 18.2 Å². The number of aromatic nitrogens is 2. The Hall–Kier alpha value is -1.66. The zero-order valence-corrected chi connectivity index (χ0v) is 13.8. The van der Waals surface area contributed by atoms with Crippen LogP contribution in [-0.2, 0) is 5.41 Å². The minimum atomic E-state index is -0.279. The Morgan fingerprint density at radius 1 is 1.14 bits per heavy atom. The van der Waals surface area contributed by atoms with E-state index in [0.29, 0.717) is 11.5 Å². The van der Waals surface area contributed by atoms with Crippen molar-refractivity contribution in [1.82, 2.24) is 9.59 Å². The van der Waals surface area contributed by atoms with Crippen LogP contribution in [0.1, 0.15) is 42.9 Å². The number of nitrogens with zero attached hydrogens (tertiary/aromatic N) is 2. The first kappa shape index (κ1) is 15.7. The smallest absolute Gasteiger partial charge is 0.161 e. The molecule has 0 bridgehead atoms. The van der Waals surface area contributed by atoms with Crippen molar-refractivity contribution < 1.29 is 9.47 Å². The molecule has 6 heteroatoms. The van der Waals surface area contributed by atoms with Crippen molar-refractivity contribution in [3.63, 3.8) is 0 Å². The highest BCUT2D eigenvalue weighted by Gasteiger charge is 2.26. The van der Waals surface area contributed by atoms with Crippen molar-refractivity contribution in [1.29, 1.82) is 0 Å². The predicted octanol–water partition coefficient (Wildman–Crippen LogP) is 2.90. The molecule has 1 heterocycles. The van der Waals surface area contributed by atoms with Crippen LogP contribution in [0.25, 0.3) is 0 Å². The SMILES string of the molecule is COc1ccc(C(N)c2snnc2C(C)(C)C)cc1OC. The van der Waals surface area contributed by atoms with Gasteiger partial charge in [0.15, 0.2) is 11.5 Å². The summed E-state index contributed by atoms with van der Waals surface area (Å²) in [4.78, 5) is 0.981. The molecule has 2 N–H and O–H groups in total. The molecule has 1 aromatic carbocycles. The second kappa shape index (κ2) is 5.99. The van der Waals surface area contributed by atoms with Gasteiger partial charge in [-0.3, -0.25) is 0 Å². The molecule has 1 unspecified atom stereocenters. The third-order valence-electron chi connectivity index (χ3n) is 3.27. The lowest BCUT2D eigenvalue weighted by Crippen LogP contribution is -2.19. The summed E-state index contributed by atoms with van der Waals surface area (Å²) in [5.41, 5.74) is 8.21. The Bertz CT molecular complexity index is 620. The minimum Gasteiger partial charge on any atom is -0.493 e. The highest BCUT2D eigenvalue weighted by Crippen LogP contribution is 2.35. The molecule has 2 aromatic rings. The average Bonchev–Trinajstić information content (AvgIpc) is 2.95. The van der Waals surface area contributed by atoms with Gasteiger partial charge in [0.25, 0.3) is 0 Å². The Morgan fingerprint density at radius 2 is 1.81 bits per heavy atom. The van der Waals surface area contributed by atoms with Gasteiger partial charge in [0.05, 0.1) is 30.8 Å². The summed E-state index contributed by atoms with van der Waals surface area (Å²) >= 11 is 1.34. The van der Waals surface area contributed by atoms with Gasteiger partial charge in [-0.2, -0.15) is 0 Å². The van der Waals surface area contributed by atoms with E-state index in [0.717, 1.165) is 16.1 Å². The molecule has 0 aliphatic heterocycles. The summed E-state index contributed by atoms with van der Waals surface area (Å²) in [6, 6.07) is 5.42. The molecular weight excluding hydrogens is 286 g/mol. The molecular formula is C15H21N3O2S. The van der Waals surface area contributed by atoms with E-state index in [1.54, 1.807) is 14.2 Å². The van der Waals surface area contributed by atoms with Gasteiger partial charge in [-0.05, 0) is 29.2 Å². The van der Waals surface area contributed by atoms with Crippen LogP contribution >= 0.6 is 11.5 Å². The molecule has 0 saturated heterocycles. The van der Waals surface area contributed by atoms with Gasteiger partial charge < -0.3 is 15.2 Å². The summed E-state index contributed by atoms with van der Waals surface area (Å²) in [5, 5.41) is 4.24. The van der Waals surface area contributed by atoms with Crippen LogP contribution in [0.3, 0.4) is 0 Å². The van der Waals surface area contributed by atoms with Crippen LogP contribution in [0.2, 0.25) is 0 Å². The van der Waals surface area contributed by atoms with Gasteiger partial charge in [-0.15, -0.1) is 5.10 Å². The van der Waals surface area contributed by atoms with E-state index >= 15 is 0 Å². The molecule has 0 amide bonds. The van der Waals surface area contributed by atoms with Crippen molar-refractivity contribution in [2.24, 2.45) is 5.73 Å². The molecule has 1 atom stereocenters. The molecule has 21 heavy (non-hydrogen) atoms. The fourth-order valence-electron chi connectivity index (χ4n) is 2.12. The summed E-state index contributed by atoms with van der Waals surface area (Å²) in [7, 11) is 3.23. The van der Waals surface area contributed by atoms with Gasteiger partial charge in [0.2, 0.25) is 0 Å². The van der Waals surface area contributed by atoms with E-state index in [4.69, 9.17) is 15.2 Å². The number of benzene rings is 1. The topological polar surface area (TPSA) is 70.3 Å². The molecule has 0 aliphatic rings. The van der Waals surface area contributed by atoms with Crippen molar-refractivity contribution in [2.45, 2.75) is 32.2 Å². The third kappa shape index (κ3) is 3.16. The Labute approximate surface area is 129 Å². The molecule has 0 saturated carbocycles. The third-order valence-corrected chi connectivity index (χ3v) is 4.08. The predicted molar refractivity (Wildman–Crippen MR) is 84.2 cm³/mol. The van der Waals surface area contributed by atoms with Crippen LogP contribution in [-0.4, -0.2) is 23.8 Å². The van der Waals surface area contributed by atoms with E-state index in [1.807, 2.05) is 18.2 Å². The molecule has 2 rings (SSSR count). The maximum atomic E-state index is 6.41. The number of rotatable bonds is 4. The number of nitrogens with two attached hydrogens (primary N) is 1. The lowest BCUT2D eigenvalue weighted by atomic mass is 9.89. The summed E-state index contributed by atoms with van der Waals surface area (Å²) < 4.78 is 14.7. The number of ether oxygens (including phenoxy) is 2. The Balaban J connectivity index is 2.41. The fourth-order valence-corrected chi connectivity index (χ4v) is 3.01. The highest BCUT2D eigenvalue weighted by molar-refractivity contribution is 7.05. The van der Waals surface area contributed by atoms with Crippen molar-refractivity contribution >= 4 is 11.5 Å². The van der Waals surface area contributed by atoms with Crippen molar-refractivity contribution in [3.8, 4) is 11.5 Å². The normalized spacial score (nSPS) is 13.0. The fraction of sp³-hybridized carbons (Fsp3) is 0.467. The van der Waals surface area contributed by atoms with Crippen molar-refractivity contribution in [3.05, 3.63) is 34.3 Å². The molecule has 0 spiro atoms. The molecule has 114 valence electrons. The second-order valence-corrected chi connectivity index (χ2v) is 6.61. The lowest BCUT2D eigenvalue weighted by Gasteiger charge is -2.20. The first-order valence-corrected chi connectivity index (χ1v) is 7.46. The quantitative estimate of drug-likeness (QED) is 0.940. The number of hydrogen-bond donors (Lipinski definition) is 1. The Kier molecular flexibility index (Phi) is 4.49. The standard InChI is InChI=1S/C15H21N3O2S/c1-15(2,3)14-13(21-18-17-14)12(16)9-6-7-10(19-4)11(8-9)20-5/h6-8,12H,16H2,1-5H3. The van der Waals surface area contributed by atoms with Gasteiger partial charge in [0.1, 0.15) is 0 Å². The largest absolute Gasteiger partial charge is 0.493 e. The van der Waals surface area contributed by atoms with Gasteiger partial charge >= 0.3 is 0 Å². The second-order valence-electron chi connectivity index (χ2n) is 5.83. The van der Waals surface area contributed by atoms with E-state index in [9.17, 15) is 0 Å². The lowest BCUT2D eigenvalue weighted by molar-refractivity contribution is 0.354. The van der Waals surface area contributed by atoms with E-state index in [1.165, 1.54) is 11.5 Å². The van der Waals surface area contributed by atoms with E-state index in [-0.39, 0.29) is 11.5 Å². The minimum absolute atomic E-state index is 0.0868. The zero-order valence-electron chi connectivity index (χ0n) is 13.0. The first-order valence-electron chi connectivity index (χ1n) is 6.68. The molecule has 1 aromatic heterocycles. The zero-order chi connectivity index (χ0) is 15.6. The van der Waals surface area contributed by atoms with E-state index < -0.39 is 0 Å². The van der Waals surface area contributed by atoms with Gasteiger partial charge in [-0.1, -0.05) is 31.3 Å². The Morgan fingerprint density at radius 3 is 2.38 bits per heavy atom. The average molecular weight is 307 g/mol. The van der Waals surface area contributed by atoms with Crippen LogP contribution in [0.4, 0.5) is 0 Å².